The van der Waals surface area contributed by atoms with Crippen molar-refractivity contribution in [1.82, 2.24) is 24.5 Å². The molecule has 3 heterocycles. The zero-order chi connectivity index (χ0) is 24.4. The fourth-order valence-corrected chi connectivity index (χ4v) is 4.05. The van der Waals surface area contributed by atoms with Gasteiger partial charge in [-0.15, -0.1) is 0 Å². The van der Waals surface area contributed by atoms with E-state index in [4.69, 9.17) is 16.3 Å². The van der Waals surface area contributed by atoms with Crippen LogP contribution in [0.15, 0.2) is 53.4 Å². The Labute approximate surface area is 207 Å². The Morgan fingerprint density at radius 2 is 2.09 bits per heavy atom. The van der Waals surface area contributed by atoms with Crippen LogP contribution in [0.3, 0.4) is 0 Å². The second kappa shape index (κ2) is 9.90. The maximum atomic E-state index is 14.3. The molecule has 9 nitrogen and oxygen atoms in total. The van der Waals surface area contributed by atoms with Crippen molar-refractivity contribution < 1.29 is 14.1 Å². The van der Waals surface area contributed by atoms with Gasteiger partial charge >= 0.3 is 5.82 Å². The molecule has 1 unspecified atom stereocenters. The Kier molecular flexibility index (Phi) is 6.94. The number of pyridine rings is 1. The van der Waals surface area contributed by atoms with Crippen molar-refractivity contribution in [1.29, 1.82) is 0 Å². The molecule has 1 aromatic carbocycles. The molecule has 0 spiro atoms. The molecule has 0 N–H and O–H groups in total. The van der Waals surface area contributed by atoms with E-state index in [0.717, 1.165) is 17.8 Å². The quantitative estimate of drug-likeness (QED) is 0.207. The Hall–Kier alpha value is -3.31. The summed E-state index contributed by atoms with van der Waals surface area (Å²) in [6.07, 6.45) is 4.72. The van der Waals surface area contributed by atoms with Gasteiger partial charge in [0, 0.05) is 30.8 Å². The van der Waals surface area contributed by atoms with E-state index in [1.165, 1.54) is 24.4 Å². The van der Waals surface area contributed by atoms with E-state index in [2.05, 4.69) is 31.1 Å². The van der Waals surface area contributed by atoms with Crippen molar-refractivity contribution in [3.63, 3.8) is 0 Å². The lowest BCUT2D eigenvalue weighted by Crippen LogP contribution is -2.12. The second-order valence-electron chi connectivity index (χ2n) is 7.45. The summed E-state index contributed by atoms with van der Waals surface area (Å²) >= 11 is 9.48. The van der Waals surface area contributed by atoms with Crippen LogP contribution in [0.5, 0.6) is 5.75 Å². The van der Waals surface area contributed by atoms with Crippen LogP contribution in [0.4, 0.5) is 10.2 Å². The van der Waals surface area contributed by atoms with E-state index in [-0.39, 0.29) is 10.9 Å². The van der Waals surface area contributed by atoms with E-state index in [1.54, 1.807) is 29.9 Å². The Morgan fingerprint density at radius 1 is 1.29 bits per heavy atom. The van der Waals surface area contributed by atoms with Crippen molar-refractivity contribution in [3.05, 3.63) is 91.3 Å². The van der Waals surface area contributed by atoms with E-state index >= 15 is 0 Å². The van der Waals surface area contributed by atoms with Crippen molar-refractivity contribution in [2.24, 2.45) is 0 Å². The van der Waals surface area contributed by atoms with Crippen molar-refractivity contribution in [2.75, 3.05) is 0 Å². The van der Waals surface area contributed by atoms with Gasteiger partial charge in [-0.1, -0.05) is 11.6 Å². The summed E-state index contributed by atoms with van der Waals surface area (Å²) in [6.45, 7) is 4.40. The topological polar surface area (TPSA) is 101 Å². The highest BCUT2D eigenvalue weighted by Gasteiger charge is 2.23. The number of ether oxygens (including phenoxy) is 1. The highest BCUT2D eigenvalue weighted by atomic mass is 79.9. The van der Waals surface area contributed by atoms with Crippen LogP contribution in [-0.2, 0) is 13.0 Å². The smallest absolute Gasteiger partial charge is 0.406 e. The summed E-state index contributed by atoms with van der Waals surface area (Å²) in [7, 11) is 0. The molecule has 0 amide bonds. The van der Waals surface area contributed by atoms with E-state index in [9.17, 15) is 14.5 Å². The summed E-state index contributed by atoms with van der Waals surface area (Å²) in [5.41, 5.74) is 2.68. The minimum absolute atomic E-state index is 0.0483. The first-order valence-corrected chi connectivity index (χ1v) is 11.4. The predicted molar refractivity (Wildman–Crippen MR) is 127 cm³/mol. The highest BCUT2D eigenvalue weighted by molar-refractivity contribution is 9.10. The SMILES string of the molecule is CCn1cc(Cc2cc(Cl)nn2-c2ccc(F)cc2C(C)Oc2cc(Br)cnc2[N+](=O)[O-])cn1. The van der Waals surface area contributed by atoms with Crippen molar-refractivity contribution >= 4 is 33.3 Å². The average molecular weight is 550 g/mol. The van der Waals surface area contributed by atoms with Crippen molar-refractivity contribution in [3.8, 4) is 11.4 Å². The molecule has 34 heavy (non-hydrogen) atoms. The van der Waals surface area contributed by atoms with E-state index in [1.807, 2.05) is 17.8 Å². The average Bonchev–Trinajstić information content (AvgIpc) is 3.39. The minimum Gasteiger partial charge on any atom is -0.478 e. The molecule has 0 saturated carbocycles. The molecule has 0 aliphatic carbocycles. The van der Waals surface area contributed by atoms with Crippen LogP contribution >= 0.6 is 27.5 Å². The van der Waals surface area contributed by atoms with Gasteiger partial charge in [0.15, 0.2) is 11.3 Å². The number of nitro groups is 1. The lowest BCUT2D eigenvalue weighted by Gasteiger charge is -2.19. The van der Waals surface area contributed by atoms with Gasteiger partial charge in [-0.2, -0.15) is 10.2 Å². The summed E-state index contributed by atoms with van der Waals surface area (Å²) in [4.78, 5) is 14.6. The van der Waals surface area contributed by atoms with Gasteiger partial charge < -0.3 is 14.9 Å². The highest BCUT2D eigenvalue weighted by Crippen LogP contribution is 2.34. The Morgan fingerprint density at radius 3 is 2.79 bits per heavy atom. The second-order valence-corrected chi connectivity index (χ2v) is 8.75. The molecule has 0 saturated heterocycles. The van der Waals surface area contributed by atoms with Gasteiger partial charge in [0.05, 0.1) is 22.1 Å². The van der Waals surface area contributed by atoms with E-state index in [0.29, 0.717) is 22.1 Å². The number of nitrogens with zero attached hydrogens (tertiary/aromatic N) is 6. The molecule has 0 bridgehead atoms. The molecule has 0 aliphatic heterocycles. The van der Waals surface area contributed by atoms with Gasteiger partial charge in [-0.05, 0) is 69.5 Å². The lowest BCUT2D eigenvalue weighted by atomic mass is 10.1. The molecule has 0 aliphatic rings. The third kappa shape index (κ3) is 5.10. The van der Waals surface area contributed by atoms with Gasteiger partial charge in [-0.25, -0.2) is 9.07 Å². The molecule has 0 radical (unpaired) electrons. The molecule has 176 valence electrons. The van der Waals surface area contributed by atoms with Crippen LogP contribution in [0, 0.1) is 15.9 Å². The first kappa shape index (κ1) is 23.8. The Bertz CT molecular complexity index is 1360. The normalized spacial score (nSPS) is 12.0. The fraction of sp³-hybridized carbons (Fsp3) is 0.227. The van der Waals surface area contributed by atoms with Crippen LogP contribution in [0.2, 0.25) is 5.15 Å². The zero-order valence-corrected chi connectivity index (χ0v) is 20.5. The molecule has 0 fully saturated rings. The van der Waals surface area contributed by atoms with Crippen LogP contribution < -0.4 is 4.74 Å². The molecule has 3 aromatic heterocycles. The zero-order valence-electron chi connectivity index (χ0n) is 18.2. The first-order valence-electron chi connectivity index (χ1n) is 10.3. The maximum absolute atomic E-state index is 14.3. The molecule has 4 aromatic rings. The fourth-order valence-electron chi connectivity index (χ4n) is 3.54. The Balaban J connectivity index is 1.73. The van der Waals surface area contributed by atoms with E-state index < -0.39 is 22.7 Å². The summed E-state index contributed by atoms with van der Waals surface area (Å²) in [5.74, 6) is -0.975. The van der Waals surface area contributed by atoms with Crippen LogP contribution in [0.1, 0.15) is 36.8 Å². The third-order valence-corrected chi connectivity index (χ3v) is 5.70. The minimum atomic E-state index is -0.779. The number of hydrogen-bond donors (Lipinski definition) is 0. The number of hydrogen-bond acceptors (Lipinski definition) is 6. The molecule has 12 heteroatoms. The van der Waals surface area contributed by atoms with Crippen LogP contribution in [-0.4, -0.2) is 29.5 Å². The van der Waals surface area contributed by atoms with Crippen molar-refractivity contribution in [2.45, 2.75) is 32.9 Å². The number of benzene rings is 1. The lowest BCUT2D eigenvalue weighted by molar-refractivity contribution is -0.390. The third-order valence-electron chi connectivity index (χ3n) is 5.08. The molecule has 1 atom stereocenters. The number of aromatic nitrogens is 5. The van der Waals surface area contributed by atoms with Gasteiger partial charge in [0.25, 0.3) is 0 Å². The van der Waals surface area contributed by atoms with Gasteiger partial charge in [0.2, 0.25) is 5.75 Å². The maximum Gasteiger partial charge on any atom is 0.406 e. The summed E-state index contributed by atoms with van der Waals surface area (Å²) in [5, 5.41) is 20.3. The van der Waals surface area contributed by atoms with Gasteiger partial charge in [0.1, 0.15) is 11.9 Å². The standard InChI is InChI=1S/C22H19BrClFN6O3/c1-3-29-12-14(10-27-29)6-17-9-21(24)28-30(17)19-5-4-16(25)8-18(19)13(2)34-20-7-15(23)11-26-22(20)31(32)33/h4-5,7-13H,3,6H2,1-2H3. The largest absolute Gasteiger partial charge is 0.478 e. The number of halogens is 3. The van der Waals surface area contributed by atoms with Crippen LogP contribution in [0.25, 0.3) is 5.69 Å². The summed E-state index contributed by atoms with van der Waals surface area (Å²) < 4.78 is 24.1. The molecular weight excluding hydrogens is 531 g/mol. The molecule has 4 rings (SSSR count). The molecular formula is C22H19BrClFN6O3. The number of aryl methyl sites for hydroxylation is 1. The summed E-state index contributed by atoms with van der Waals surface area (Å²) in [6, 6.07) is 7.37. The monoisotopic (exact) mass is 548 g/mol. The van der Waals surface area contributed by atoms with Gasteiger partial charge in [-0.3, -0.25) is 4.68 Å². The number of rotatable bonds is 8. The predicted octanol–water partition coefficient (Wildman–Crippen LogP) is 5.68. The first-order chi connectivity index (χ1) is 16.2.